The number of anilines is 1. The van der Waals surface area contributed by atoms with E-state index in [9.17, 15) is 18.0 Å². The zero-order chi connectivity index (χ0) is 25.6. The number of furan rings is 1. The van der Waals surface area contributed by atoms with Gasteiger partial charge in [-0.15, -0.1) is 0 Å². The van der Waals surface area contributed by atoms with Gasteiger partial charge in [0.25, 0.3) is 0 Å². The molecule has 0 spiro atoms. The van der Waals surface area contributed by atoms with E-state index in [2.05, 4.69) is 10.0 Å². The van der Waals surface area contributed by atoms with E-state index in [-0.39, 0.29) is 23.3 Å². The second-order valence-electron chi connectivity index (χ2n) is 8.63. The number of benzene rings is 2. The Morgan fingerprint density at radius 3 is 2.17 bits per heavy atom. The fraction of sp³-hybridized carbons (Fsp3) is 0.308. The van der Waals surface area contributed by atoms with Crippen molar-refractivity contribution in [3.05, 3.63) is 83.8 Å². The molecule has 1 heterocycles. The smallest absolute Gasteiger partial charge is 0.243 e. The molecule has 0 saturated heterocycles. The predicted molar refractivity (Wildman–Crippen MR) is 134 cm³/mol. The van der Waals surface area contributed by atoms with Crippen LogP contribution in [0.1, 0.15) is 30.7 Å². The molecule has 0 aliphatic carbocycles. The fourth-order valence-corrected chi connectivity index (χ4v) is 4.94. The van der Waals surface area contributed by atoms with Gasteiger partial charge in [0.2, 0.25) is 21.8 Å². The summed E-state index contributed by atoms with van der Waals surface area (Å²) in [4.78, 5) is 28.4. The highest BCUT2D eigenvalue weighted by Crippen LogP contribution is 2.29. The molecule has 0 aliphatic rings. The molecule has 9 heteroatoms. The van der Waals surface area contributed by atoms with E-state index in [0.717, 1.165) is 11.1 Å². The normalized spacial score (nSPS) is 12.4. The number of nitrogens with one attached hydrogen (secondary N) is 2. The molecule has 2 N–H and O–H groups in total. The monoisotopic (exact) mass is 497 g/mol. The van der Waals surface area contributed by atoms with Crippen molar-refractivity contribution >= 4 is 27.5 Å². The van der Waals surface area contributed by atoms with Crippen molar-refractivity contribution in [3.8, 4) is 0 Å². The van der Waals surface area contributed by atoms with Crippen molar-refractivity contribution in [2.45, 2.75) is 45.2 Å². The Kier molecular flexibility index (Phi) is 8.48. The molecular formula is C26H31N3O5S. The topological polar surface area (TPSA) is 109 Å². The van der Waals surface area contributed by atoms with Crippen LogP contribution in [0.5, 0.6) is 0 Å². The van der Waals surface area contributed by atoms with Crippen molar-refractivity contribution in [1.29, 1.82) is 0 Å². The van der Waals surface area contributed by atoms with Crippen LogP contribution in [0.25, 0.3) is 0 Å². The first kappa shape index (κ1) is 26.2. The number of sulfonamides is 1. The van der Waals surface area contributed by atoms with Crippen molar-refractivity contribution in [1.82, 2.24) is 10.0 Å². The Bertz CT molecular complexity index is 1240. The first-order valence-corrected chi connectivity index (χ1v) is 12.8. The zero-order valence-corrected chi connectivity index (χ0v) is 21.1. The Labute approximate surface area is 206 Å². The van der Waals surface area contributed by atoms with E-state index < -0.39 is 28.5 Å². The summed E-state index contributed by atoms with van der Waals surface area (Å²) in [5.41, 5.74) is 2.19. The Morgan fingerprint density at radius 1 is 0.943 bits per heavy atom. The quantitative estimate of drug-likeness (QED) is 0.445. The van der Waals surface area contributed by atoms with Gasteiger partial charge in [0.05, 0.1) is 29.9 Å². The number of amides is 2. The minimum absolute atomic E-state index is 0.0584. The first-order chi connectivity index (χ1) is 16.6. The molecule has 0 aliphatic heterocycles. The third kappa shape index (κ3) is 6.37. The van der Waals surface area contributed by atoms with Crippen molar-refractivity contribution in [2.75, 3.05) is 11.4 Å². The van der Waals surface area contributed by atoms with Gasteiger partial charge in [-0.05, 0) is 55.2 Å². The molecule has 0 radical (unpaired) electrons. The number of hydrogen-bond donors (Lipinski definition) is 2. The Balaban J connectivity index is 1.93. The molecule has 1 atom stereocenters. The summed E-state index contributed by atoms with van der Waals surface area (Å²) in [5.74, 6) is -0.575. The van der Waals surface area contributed by atoms with Crippen LogP contribution in [0.4, 0.5) is 5.69 Å². The maximum Gasteiger partial charge on any atom is 0.243 e. The molecular weight excluding hydrogens is 466 g/mol. The van der Waals surface area contributed by atoms with Crippen LogP contribution in [0.15, 0.2) is 76.2 Å². The number of aryl methyl sites for hydroxylation is 2. The zero-order valence-electron chi connectivity index (χ0n) is 20.3. The van der Waals surface area contributed by atoms with Crippen LogP contribution >= 0.6 is 0 Å². The van der Waals surface area contributed by atoms with Crippen molar-refractivity contribution in [3.63, 3.8) is 0 Å². The number of para-hydroxylation sites is 1. The lowest BCUT2D eigenvalue weighted by molar-refractivity contribution is -0.127. The van der Waals surface area contributed by atoms with Crippen LogP contribution in [-0.2, 0) is 26.2 Å². The number of rotatable bonds is 10. The van der Waals surface area contributed by atoms with Gasteiger partial charge < -0.3 is 9.73 Å². The molecule has 8 nitrogen and oxygen atoms in total. The van der Waals surface area contributed by atoms with Crippen LogP contribution in [0.3, 0.4) is 0 Å². The highest BCUT2D eigenvalue weighted by atomic mass is 32.2. The lowest BCUT2D eigenvalue weighted by Crippen LogP contribution is -2.55. The largest absolute Gasteiger partial charge is 0.467 e. The molecule has 1 aromatic heterocycles. The summed E-state index contributed by atoms with van der Waals surface area (Å²) < 4.78 is 33.1. The number of nitrogens with zero attached hydrogens (tertiary/aromatic N) is 1. The van der Waals surface area contributed by atoms with Gasteiger partial charge in [0.1, 0.15) is 11.8 Å². The molecule has 2 aromatic carbocycles. The summed E-state index contributed by atoms with van der Waals surface area (Å²) in [6.07, 6.45) is 1.52. The van der Waals surface area contributed by atoms with Crippen LogP contribution in [0, 0.1) is 19.8 Å². The van der Waals surface area contributed by atoms with Gasteiger partial charge >= 0.3 is 0 Å². The van der Waals surface area contributed by atoms with Crippen LogP contribution < -0.4 is 14.9 Å². The average Bonchev–Trinajstić information content (AvgIpc) is 3.34. The summed E-state index contributed by atoms with van der Waals surface area (Å²) in [6, 6.07) is 16.0. The molecule has 2 amide bonds. The minimum atomic E-state index is -3.91. The van der Waals surface area contributed by atoms with E-state index in [1.165, 1.54) is 23.3 Å². The van der Waals surface area contributed by atoms with E-state index in [0.29, 0.717) is 11.4 Å². The van der Waals surface area contributed by atoms with E-state index in [4.69, 9.17) is 4.42 Å². The van der Waals surface area contributed by atoms with Gasteiger partial charge in [-0.1, -0.05) is 50.2 Å². The fourth-order valence-electron chi connectivity index (χ4n) is 3.94. The highest BCUT2D eigenvalue weighted by molar-refractivity contribution is 7.89. The van der Waals surface area contributed by atoms with Gasteiger partial charge in [-0.25, -0.2) is 13.1 Å². The molecule has 186 valence electrons. The maximum absolute atomic E-state index is 13.6. The second-order valence-corrected chi connectivity index (χ2v) is 10.4. The standard InChI is InChI=1S/C26H31N3O5S/c1-18(2)24(26(31)27-16-21-12-9-15-34-21)29(25-19(3)10-8-11-20(25)4)23(30)17-28-35(32,33)22-13-6-5-7-14-22/h5-15,18,24,28H,16-17H2,1-4H3,(H,27,31). The minimum Gasteiger partial charge on any atom is -0.467 e. The summed E-state index contributed by atoms with van der Waals surface area (Å²) >= 11 is 0. The summed E-state index contributed by atoms with van der Waals surface area (Å²) in [5, 5.41) is 2.84. The third-order valence-electron chi connectivity index (χ3n) is 5.61. The SMILES string of the molecule is Cc1cccc(C)c1N(C(=O)CNS(=O)(=O)c1ccccc1)C(C(=O)NCc1ccco1)C(C)C. The van der Waals surface area contributed by atoms with Gasteiger partial charge in [0.15, 0.2) is 0 Å². The second kappa shape index (κ2) is 11.3. The molecule has 3 aromatic rings. The maximum atomic E-state index is 13.6. The number of carbonyl (C=O) groups excluding carboxylic acids is 2. The molecule has 0 saturated carbocycles. The molecule has 35 heavy (non-hydrogen) atoms. The molecule has 1 unspecified atom stereocenters. The summed E-state index contributed by atoms with van der Waals surface area (Å²) in [6.45, 7) is 7.08. The molecule has 0 bridgehead atoms. The van der Waals surface area contributed by atoms with Crippen molar-refractivity contribution < 1.29 is 22.4 Å². The van der Waals surface area contributed by atoms with Gasteiger partial charge in [-0.3, -0.25) is 14.5 Å². The van der Waals surface area contributed by atoms with E-state index in [1.54, 1.807) is 30.3 Å². The Morgan fingerprint density at radius 2 is 1.60 bits per heavy atom. The molecule has 3 rings (SSSR count). The summed E-state index contributed by atoms with van der Waals surface area (Å²) in [7, 11) is -3.91. The number of carbonyl (C=O) groups is 2. The van der Waals surface area contributed by atoms with E-state index >= 15 is 0 Å². The van der Waals surface area contributed by atoms with E-state index in [1.807, 2.05) is 45.9 Å². The average molecular weight is 498 g/mol. The molecule has 0 fully saturated rings. The van der Waals surface area contributed by atoms with Crippen LogP contribution in [-0.4, -0.2) is 32.8 Å². The predicted octanol–water partition coefficient (Wildman–Crippen LogP) is 3.55. The van der Waals surface area contributed by atoms with Gasteiger partial charge in [-0.2, -0.15) is 0 Å². The lowest BCUT2D eigenvalue weighted by Gasteiger charge is -2.35. The number of hydrogen-bond acceptors (Lipinski definition) is 5. The van der Waals surface area contributed by atoms with Crippen LogP contribution in [0.2, 0.25) is 0 Å². The third-order valence-corrected chi connectivity index (χ3v) is 7.03. The van der Waals surface area contributed by atoms with Crippen molar-refractivity contribution in [2.24, 2.45) is 5.92 Å². The first-order valence-electron chi connectivity index (χ1n) is 11.3. The van der Waals surface area contributed by atoms with Gasteiger partial charge in [0, 0.05) is 0 Å². The lowest BCUT2D eigenvalue weighted by atomic mass is 9.97. The Hall–Kier alpha value is -3.43. The highest BCUT2D eigenvalue weighted by Gasteiger charge is 2.35.